The van der Waals surface area contributed by atoms with Gasteiger partial charge in [-0.1, -0.05) is 19.1 Å². The molecule has 0 bridgehead atoms. The van der Waals surface area contributed by atoms with Gasteiger partial charge in [-0.3, -0.25) is 0 Å². The Balaban J connectivity index is 2.22. The van der Waals surface area contributed by atoms with Gasteiger partial charge in [-0.05, 0) is 43.3 Å². The lowest BCUT2D eigenvalue weighted by Crippen LogP contribution is -2.14. The summed E-state index contributed by atoms with van der Waals surface area (Å²) in [5.74, 6) is 1.62. The van der Waals surface area contributed by atoms with Crippen molar-refractivity contribution in [3.63, 3.8) is 0 Å². The summed E-state index contributed by atoms with van der Waals surface area (Å²) in [6.07, 6.45) is 1.03. The molecule has 0 saturated heterocycles. The van der Waals surface area contributed by atoms with E-state index in [1.165, 1.54) is 12.1 Å². The number of ether oxygens (including phenoxy) is 2. The van der Waals surface area contributed by atoms with Crippen molar-refractivity contribution in [3.05, 3.63) is 53.8 Å². The van der Waals surface area contributed by atoms with E-state index in [-0.39, 0.29) is 5.82 Å². The van der Waals surface area contributed by atoms with Crippen LogP contribution in [0.4, 0.5) is 4.39 Å². The van der Waals surface area contributed by atoms with E-state index in [1.807, 2.05) is 24.3 Å². The molecule has 0 radical (unpaired) electrons. The number of hydrogen-bond donors (Lipinski definition) is 1. The van der Waals surface area contributed by atoms with Crippen LogP contribution in [0.25, 0.3) is 0 Å². The summed E-state index contributed by atoms with van der Waals surface area (Å²) in [5.41, 5.74) is 0.786. The molecular weight excluding hydrogens is 269 g/mol. The van der Waals surface area contributed by atoms with Crippen LogP contribution in [0.2, 0.25) is 0 Å². The van der Waals surface area contributed by atoms with Crippen molar-refractivity contribution in [2.75, 3.05) is 13.7 Å². The van der Waals surface area contributed by atoms with Gasteiger partial charge in [0.15, 0.2) is 11.5 Å². The zero-order chi connectivity index (χ0) is 15.1. The highest BCUT2D eigenvalue weighted by atomic mass is 19.1. The highest BCUT2D eigenvalue weighted by molar-refractivity contribution is 5.44. The minimum Gasteiger partial charge on any atom is -0.493 e. The second kappa shape index (κ2) is 7.64. The normalized spacial score (nSPS) is 10.4. The molecule has 4 heteroatoms. The Morgan fingerprint density at radius 1 is 1.05 bits per heavy atom. The average molecular weight is 289 g/mol. The van der Waals surface area contributed by atoms with Crippen molar-refractivity contribution in [2.24, 2.45) is 0 Å². The van der Waals surface area contributed by atoms with Crippen LogP contribution in [0.15, 0.2) is 42.5 Å². The second-order valence-electron chi connectivity index (χ2n) is 4.68. The maximum atomic E-state index is 13.4. The van der Waals surface area contributed by atoms with E-state index in [2.05, 4.69) is 12.2 Å². The van der Waals surface area contributed by atoms with Crippen molar-refractivity contribution in [2.45, 2.75) is 19.9 Å². The van der Waals surface area contributed by atoms with Crippen LogP contribution in [-0.2, 0) is 6.54 Å². The van der Waals surface area contributed by atoms with Crippen LogP contribution in [0.1, 0.15) is 18.9 Å². The molecule has 0 heterocycles. The fourth-order valence-corrected chi connectivity index (χ4v) is 2.01. The maximum Gasteiger partial charge on any atom is 0.169 e. The molecule has 2 rings (SSSR count). The Kier molecular flexibility index (Phi) is 5.58. The summed E-state index contributed by atoms with van der Waals surface area (Å²) in [5, 5.41) is 3.26. The third kappa shape index (κ3) is 4.20. The standard InChI is InChI=1S/C17H20FNO2/c1-3-10-19-12-13-11-14(18)8-9-15(13)21-17-7-5-4-6-16(17)20-2/h4-9,11,19H,3,10,12H2,1-2H3. The van der Waals surface area contributed by atoms with E-state index >= 15 is 0 Å². The molecule has 0 fully saturated rings. The fourth-order valence-electron chi connectivity index (χ4n) is 2.01. The van der Waals surface area contributed by atoms with Crippen molar-refractivity contribution in [1.29, 1.82) is 0 Å². The van der Waals surface area contributed by atoms with Crippen molar-refractivity contribution in [3.8, 4) is 17.2 Å². The van der Waals surface area contributed by atoms with Crippen LogP contribution < -0.4 is 14.8 Å². The largest absolute Gasteiger partial charge is 0.493 e. The molecule has 0 spiro atoms. The van der Waals surface area contributed by atoms with Gasteiger partial charge in [-0.2, -0.15) is 0 Å². The Hall–Kier alpha value is -2.07. The first kappa shape index (κ1) is 15.3. The summed E-state index contributed by atoms with van der Waals surface area (Å²) >= 11 is 0. The predicted octanol–water partition coefficient (Wildman–Crippen LogP) is 4.13. The topological polar surface area (TPSA) is 30.5 Å². The molecule has 112 valence electrons. The van der Waals surface area contributed by atoms with Gasteiger partial charge in [0.05, 0.1) is 7.11 Å². The first-order valence-corrected chi connectivity index (χ1v) is 7.04. The molecule has 0 aromatic heterocycles. The van der Waals surface area contributed by atoms with Crippen molar-refractivity contribution in [1.82, 2.24) is 5.32 Å². The molecule has 0 atom stereocenters. The molecular formula is C17H20FNO2. The SMILES string of the molecule is CCCNCc1cc(F)ccc1Oc1ccccc1OC. The smallest absolute Gasteiger partial charge is 0.169 e. The summed E-state index contributed by atoms with van der Waals surface area (Å²) in [6, 6.07) is 11.9. The van der Waals surface area contributed by atoms with Crippen molar-refractivity contribution >= 4 is 0 Å². The average Bonchev–Trinajstić information content (AvgIpc) is 2.50. The van der Waals surface area contributed by atoms with Gasteiger partial charge in [0, 0.05) is 12.1 Å². The van der Waals surface area contributed by atoms with Crippen LogP contribution in [0.5, 0.6) is 17.2 Å². The second-order valence-corrected chi connectivity index (χ2v) is 4.68. The molecule has 3 nitrogen and oxygen atoms in total. The fraction of sp³-hybridized carbons (Fsp3) is 0.294. The summed E-state index contributed by atoms with van der Waals surface area (Å²) < 4.78 is 24.6. The minimum atomic E-state index is -0.268. The summed E-state index contributed by atoms with van der Waals surface area (Å²) in [7, 11) is 1.59. The van der Waals surface area contributed by atoms with E-state index in [9.17, 15) is 4.39 Å². The van der Waals surface area contributed by atoms with E-state index in [0.717, 1.165) is 18.5 Å². The lowest BCUT2D eigenvalue weighted by molar-refractivity contribution is 0.377. The zero-order valence-electron chi connectivity index (χ0n) is 12.4. The molecule has 0 amide bonds. The lowest BCUT2D eigenvalue weighted by Gasteiger charge is -2.14. The van der Waals surface area contributed by atoms with Gasteiger partial charge in [-0.25, -0.2) is 4.39 Å². The molecule has 0 aliphatic heterocycles. The highest BCUT2D eigenvalue weighted by Crippen LogP contribution is 2.32. The first-order chi connectivity index (χ1) is 10.2. The monoisotopic (exact) mass is 289 g/mol. The quantitative estimate of drug-likeness (QED) is 0.778. The molecule has 0 aliphatic carbocycles. The predicted molar refractivity (Wildman–Crippen MR) is 81.5 cm³/mol. The Morgan fingerprint density at radius 3 is 2.52 bits per heavy atom. The van der Waals surface area contributed by atoms with Crippen LogP contribution in [-0.4, -0.2) is 13.7 Å². The van der Waals surface area contributed by atoms with Gasteiger partial charge in [0.2, 0.25) is 0 Å². The zero-order valence-corrected chi connectivity index (χ0v) is 12.4. The minimum absolute atomic E-state index is 0.268. The number of halogens is 1. The van der Waals surface area contributed by atoms with E-state index in [0.29, 0.717) is 23.8 Å². The van der Waals surface area contributed by atoms with Gasteiger partial charge in [0.25, 0.3) is 0 Å². The molecule has 2 aromatic carbocycles. The van der Waals surface area contributed by atoms with Crippen molar-refractivity contribution < 1.29 is 13.9 Å². The van der Waals surface area contributed by atoms with Crippen LogP contribution in [0, 0.1) is 5.82 Å². The Morgan fingerprint density at radius 2 is 1.81 bits per heavy atom. The molecule has 0 unspecified atom stereocenters. The Labute approximate surface area is 124 Å². The molecule has 21 heavy (non-hydrogen) atoms. The van der Waals surface area contributed by atoms with E-state index in [1.54, 1.807) is 13.2 Å². The van der Waals surface area contributed by atoms with Crippen LogP contribution in [0.3, 0.4) is 0 Å². The lowest BCUT2D eigenvalue weighted by atomic mass is 10.2. The number of para-hydroxylation sites is 2. The Bertz CT molecular complexity index is 587. The number of benzene rings is 2. The number of methoxy groups -OCH3 is 1. The molecule has 2 aromatic rings. The third-order valence-corrected chi connectivity index (χ3v) is 3.05. The third-order valence-electron chi connectivity index (χ3n) is 3.05. The molecule has 1 N–H and O–H groups in total. The summed E-state index contributed by atoms with van der Waals surface area (Å²) in [6.45, 7) is 3.53. The van der Waals surface area contributed by atoms with Crippen LogP contribution >= 0.6 is 0 Å². The van der Waals surface area contributed by atoms with E-state index in [4.69, 9.17) is 9.47 Å². The molecule has 0 saturated carbocycles. The van der Waals surface area contributed by atoms with Gasteiger partial charge >= 0.3 is 0 Å². The summed E-state index contributed by atoms with van der Waals surface area (Å²) in [4.78, 5) is 0. The number of nitrogens with one attached hydrogen (secondary N) is 1. The molecule has 0 aliphatic rings. The van der Waals surface area contributed by atoms with Gasteiger partial charge in [0.1, 0.15) is 11.6 Å². The van der Waals surface area contributed by atoms with E-state index < -0.39 is 0 Å². The van der Waals surface area contributed by atoms with Gasteiger partial charge < -0.3 is 14.8 Å². The first-order valence-electron chi connectivity index (χ1n) is 7.04. The number of hydrogen-bond acceptors (Lipinski definition) is 3. The highest BCUT2D eigenvalue weighted by Gasteiger charge is 2.09. The van der Waals surface area contributed by atoms with Gasteiger partial charge in [-0.15, -0.1) is 0 Å². The maximum absolute atomic E-state index is 13.4. The number of rotatable bonds is 7.